The van der Waals surface area contributed by atoms with Gasteiger partial charge in [0.05, 0.1) is 6.61 Å². The first kappa shape index (κ1) is 13.0. The second-order valence-electron chi connectivity index (χ2n) is 5.13. The number of hydrogen-bond donors (Lipinski definition) is 1. The van der Waals surface area contributed by atoms with Crippen molar-refractivity contribution in [2.24, 2.45) is 0 Å². The van der Waals surface area contributed by atoms with E-state index in [-0.39, 0.29) is 5.75 Å². The molecule has 16 heavy (non-hydrogen) atoms. The van der Waals surface area contributed by atoms with Crippen LogP contribution in [0.1, 0.15) is 6.42 Å². The molecule has 0 amide bonds. The van der Waals surface area contributed by atoms with Crippen LogP contribution in [0.25, 0.3) is 0 Å². The van der Waals surface area contributed by atoms with Crippen molar-refractivity contribution < 1.29 is 14.2 Å². The van der Waals surface area contributed by atoms with Crippen LogP contribution in [-0.4, -0.2) is 19.8 Å². The van der Waals surface area contributed by atoms with Crippen molar-refractivity contribution in [3.8, 4) is 11.5 Å². The molecule has 0 aliphatic rings. The van der Waals surface area contributed by atoms with Crippen LogP contribution in [0.15, 0.2) is 18.2 Å². The highest BCUT2D eigenvalue weighted by Crippen LogP contribution is 2.21. The van der Waals surface area contributed by atoms with E-state index in [1.807, 2.05) is 0 Å². The highest BCUT2D eigenvalue weighted by Gasteiger charge is 2.12. The molecule has 0 atom stereocenters. The van der Waals surface area contributed by atoms with Crippen molar-refractivity contribution in [3.63, 3.8) is 0 Å². The lowest BCUT2D eigenvalue weighted by Gasteiger charge is -2.15. The quantitative estimate of drug-likeness (QED) is 0.631. The minimum Gasteiger partial charge on any atom is -0.505 e. The van der Waals surface area contributed by atoms with Crippen LogP contribution >= 0.6 is 0 Å². The SMILES string of the molecule is C[Si](C)(C)CCCOc1ccc(O)c(F)c1. The van der Waals surface area contributed by atoms with Crippen LogP contribution < -0.4 is 4.74 Å². The Morgan fingerprint density at radius 3 is 2.56 bits per heavy atom. The minimum atomic E-state index is -1.01. The number of hydrogen-bond acceptors (Lipinski definition) is 2. The third-order valence-electron chi connectivity index (χ3n) is 2.26. The van der Waals surface area contributed by atoms with Gasteiger partial charge in [-0.2, -0.15) is 0 Å². The molecule has 0 saturated heterocycles. The largest absolute Gasteiger partial charge is 0.505 e. The lowest BCUT2D eigenvalue weighted by atomic mass is 10.3. The number of aromatic hydroxyl groups is 1. The molecule has 1 N–H and O–H groups in total. The molecule has 0 heterocycles. The monoisotopic (exact) mass is 242 g/mol. The van der Waals surface area contributed by atoms with E-state index in [0.29, 0.717) is 12.4 Å². The van der Waals surface area contributed by atoms with Gasteiger partial charge >= 0.3 is 0 Å². The van der Waals surface area contributed by atoms with Gasteiger partial charge in [-0.15, -0.1) is 0 Å². The second-order valence-corrected chi connectivity index (χ2v) is 10.7. The molecule has 0 bridgehead atoms. The molecule has 4 heteroatoms. The van der Waals surface area contributed by atoms with E-state index in [0.717, 1.165) is 6.42 Å². The Labute approximate surface area is 97.1 Å². The van der Waals surface area contributed by atoms with Crippen LogP contribution in [0.2, 0.25) is 25.7 Å². The Bertz CT molecular complexity index is 347. The molecule has 1 rings (SSSR count). The van der Waals surface area contributed by atoms with E-state index in [9.17, 15) is 4.39 Å². The highest BCUT2D eigenvalue weighted by molar-refractivity contribution is 6.76. The maximum atomic E-state index is 13.0. The summed E-state index contributed by atoms with van der Waals surface area (Å²) >= 11 is 0. The smallest absolute Gasteiger partial charge is 0.168 e. The van der Waals surface area contributed by atoms with Gasteiger partial charge in [0.25, 0.3) is 0 Å². The number of benzene rings is 1. The molecule has 0 aromatic heterocycles. The Morgan fingerprint density at radius 2 is 2.00 bits per heavy atom. The summed E-state index contributed by atoms with van der Waals surface area (Å²) in [6.45, 7) is 7.54. The Kier molecular flexibility index (Phi) is 4.35. The molecule has 1 aromatic rings. The molecule has 0 radical (unpaired) electrons. The first-order valence-electron chi connectivity index (χ1n) is 5.50. The normalized spacial score (nSPS) is 11.5. The van der Waals surface area contributed by atoms with E-state index in [4.69, 9.17) is 9.84 Å². The molecule has 0 spiro atoms. The fourth-order valence-corrected chi connectivity index (χ4v) is 2.57. The van der Waals surface area contributed by atoms with Crippen LogP contribution in [0, 0.1) is 5.82 Å². The predicted molar refractivity (Wildman–Crippen MR) is 66.3 cm³/mol. The first-order valence-corrected chi connectivity index (χ1v) is 9.20. The lowest BCUT2D eigenvalue weighted by molar-refractivity contribution is 0.313. The van der Waals surface area contributed by atoms with Crippen molar-refractivity contribution in [1.29, 1.82) is 0 Å². The summed E-state index contributed by atoms with van der Waals surface area (Å²) < 4.78 is 18.4. The fraction of sp³-hybridized carbons (Fsp3) is 0.500. The molecule has 0 fully saturated rings. The summed E-state index contributed by atoms with van der Waals surface area (Å²) in [5, 5.41) is 9.00. The van der Waals surface area contributed by atoms with Crippen molar-refractivity contribution in [1.82, 2.24) is 0 Å². The predicted octanol–water partition coefficient (Wildman–Crippen LogP) is 3.64. The maximum Gasteiger partial charge on any atom is 0.168 e. The summed E-state index contributed by atoms with van der Waals surface area (Å²) in [5.74, 6) is -0.497. The Balaban J connectivity index is 2.35. The molecule has 1 aromatic carbocycles. The van der Waals surface area contributed by atoms with Gasteiger partial charge in [0, 0.05) is 14.1 Å². The van der Waals surface area contributed by atoms with Gasteiger partial charge in [-0.3, -0.25) is 0 Å². The Hall–Kier alpha value is -1.03. The number of phenols is 1. The van der Waals surface area contributed by atoms with Gasteiger partial charge < -0.3 is 9.84 Å². The highest BCUT2D eigenvalue weighted by atomic mass is 28.3. The van der Waals surface area contributed by atoms with Crippen LogP contribution in [0.3, 0.4) is 0 Å². The van der Waals surface area contributed by atoms with Gasteiger partial charge in [-0.1, -0.05) is 25.7 Å². The summed E-state index contributed by atoms with van der Waals surface area (Å²) in [6.07, 6.45) is 0.998. The van der Waals surface area contributed by atoms with Gasteiger partial charge in [0.1, 0.15) is 5.75 Å². The fourth-order valence-electron chi connectivity index (χ4n) is 1.37. The molecular formula is C12H19FO2Si. The van der Waals surface area contributed by atoms with E-state index >= 15 is 0 Å². The molecule has 0 unspecified atom stereocenters. The van der Waals surface area contributed by atoms with Crippen molar-refractivity contribution in [2.45, 2.75) is 32.1 Å². The summed E-state index contributed by atoms with van der Waals surface area (Å²) in [6, 6.07) is 5.30. The zero-order chi connectivity index (χ0) is 12.2. The molecule has 2 nitrogen and oxygen atoms in total. The van der Waals surface area contributed by atoms with Gasteiger partial charge in [0.2, 0.25) is 0 Å². The number of phenolic OH excluding ortho intramolecular Hbond substituents is 1. The first-order chi connectivity index (χ1) is 7.38. The van der Waals surface area contributed by atoms with Crippen molar-refractivity contribution in [2.75, 3.05) is 6.61 Å². The minimum absolute atomic E-state index is 0.338. The molecule has 0 aliphatic carbocycles. The second kappa shape index (κ2) is 5.34. The van der Waals surface area contributed by atoms with E-state index < -0.39 is 13.9 Å². The van der Waals surface area contributed by atoms with E-state index in [2.05, 4.69) is 19.6 Å². The van der Waals surface area contributed by atoms with Crippen molar-refractivity contribution >= 4 is 8.07 Å². The summed E-state index contributed by atoms with van der Waals surface area (Å²) in [7, 11) is -1.01. The van der Waals surface area contributed by atoms with Crippen LogP contribution in [0.5, 0.6) is 11.5 Å². The topological polar surface area (TPSA) is 29.5 Å². The molecular weight excluding hydrogens is 223 g/mol. The number of halogens is 1. The zero-order valence-electron chi connectivity index (χ0n) is 10.1. The van der Waals surface area contributed by atoms with Gasteiger partial charge in [-0.25, -0.2) is 4.39 Å². The summed E-state index contributed by atoms with van der Waals surface area (Å²) in [5.41, 5.74) is 0. The van der Waals surface area contributed by atoms with Crippen LogP contribution in [0.4, 0.5) is 4.39 Å². The third-order valence-corrected chi connectivity index (χ3v) is 4.11. The lowest BCUT2D eigenvalue weighted by Crippen LogP contribution is -2.19. The number of rotatable bonds is 5. The average molecular weight is 242 g/mol. The number of ether oxygens (including phenoxy) is 1. The molecule has 0 saturated carbocycles. The Morgan fingerprint density at radius 1 is 1.31 bits per heavy atom. The van der Waals surface area contributed by atoms with Gasteiger partial charge in [-0.05, 0) is 18.6 Å². The molecule has 0 aliphatic heterocycles. The average Bonchev–Trinajstić information content (AvgIpc) is 2.17. The van der Waals surface area contributed by atoms with Crippen molar-refractivity contribution in [3.05, 3.63) is 24.0 Å². The third kappa shape index (κ3) is 4.66. The standard InChI is InChI=1S/C12H19FO2Si/c1-16(2,3)8-4-7-15-10-5-6-12(14)11(13)9-10/h5-6,9,14H,4,7-8H2,1-3H3. The van der Waals surface area contributed by atoms with Crippen LogP contribution in [-0.2, 0) is 0 Å². The van der Waals surface area contributed by atoms with E-state index in [1.54, 1.807) is 6.07 Å². The summed E-state index contributed by atoms with van der Waals surface area (Å²) in [4.78, 5) is 0. The van der Waals surface area contributed by atoms with Gasteiger partial charge in [0.15, 0.2) is 11.6 Å². The molecule has 90 valence electrons. The maximum absolute atomic E-state index is 13.0. The zero-order valence-corrected chi connectivity index (χ0v) is 11.1. The van der Waals surface area contributed by atoms with E-state index in [1.165, 1.54) is 18.2 Å².